The predicted molar refractivity (Wildman–Crippen MR) is 177 cm³/mol. The fourth-order valence-corrected chi connectivity index (χ4v) is 8.88. The van der Waals surface area contributed by atoms with Gasteiger partial charge in [0.15, 0.2) is 0 Å². The molecule has 0 N–H and O–H groups in total. The van der Waals surface area contributed by atoms with Gasteiger partial charge in [-0.3, -0.25) is 9.13 Å². The Morgan fingerprint density at radius 3 is 1.98 bits per heavy atom. The van der Waals surface area contributed by atoms with Crippen molar-refractivity contribution in [3.63, 3.8) is 0 Å². The van der Waals surface area contributed by atoms with Crippen molar-refractivity contribution in [2.24, 2.45) is 0 Å². The Kier molecular flexibility index (Phi) is 14.1. The molecule has 13 heteroatoms. The Morgan fingerprint density at radius 1 is 0.818 bits per heavy atom. The third-order valence-electron chi connectivity index (χ3n) is 6.61. The second-order valence-electron chi connectivity index (χ2n) is 9.63. The summed E-state index contributed by atoms with van der Waals surface area (Å²) in [5.41, 5.74) is -0.571. The molecule has 0 fully saturated rings. The zero-order valence-corrected chi connectivity index (χ0v) is 29.7. The number of ether oxygens (including phenoxy) is 1. The van der Waals surface area contributed by atoms with Gasteiger partial charge in [0.25, 0.3) is 0 Å². The largest absolute Gasteiger partial charge is 0.493 e. The highest BCUT2D eigenvalue weighted by Gasteiger charge is 2.55. The Labute approximate surface area is 271 Å². The van der Waals surface area contributed by atoms with E-state index in [2.05, 4.69) is 22.9 Å². The van der Waals surface area contributed by atoms with Crippen LogP contribution in [0.3, 0.4) is 0 Å². The molecule has 0 amide bonds. The normalized spacial score (nSPS) is 12.5. The maximum absolute atomic E-state index is 15.2. The fraction of sp³-hybridized carbons (Fsp3) is 0.419. The molecule has 0 aromatic heterocycles. The molecule has 0 bridgehead atoms. The van der Waals surface area contributed by atoms with Crippen LogP contribution in [0.25, 0.3) is 11.1 Å². The third kappa shape index (κ3) is 8.83. The second-order valence-corrected chi connectivity index (χ2v) is 15.7. The molecule has 0 saturated heterocycles. The van der Waals surface area contributed by atoms with Crippen LogP contribution in [0.4, 0.5) is 8.78 Å². The molecule has 0 aliphatic rings. The van der Waals surface area contributed by atoms with Gasteiger partial charge in [0, 0.05) is 35.8 Å². The lowest BCUT2D eigenvalue weighted by Gasteiger charge is -2.26. The highest BCUT2D eigenvalue weighted by Crippen LogP contribution is 2.67. The quantitative estimate of drug-likeness (QED) is 0.0944. The SMILES string of the molecule is CCCCOc1ccc(-c2ccc(CSCc3ccc(C(F)(F)P(=O)(OCC)OCC)c(Br)c3)cc2)cc1P(=O)(OC)OC. The third-order valence-corrected chi connectivity index (χ3v) is 12.4. The highest BCUT2D eigenvalue weighted by molar-refractivity contribution is 9.10. The Balaban J connectivity index is 1.70. The van der Waals surface area contributed by atoms with Gasteiger partial charge in [-0.2, -0.15) is 20.5 Å². The lowest BCUT2D eigenvalue weighted by atomic mass is 10.0. The molecule has 242 valence electrons. The van der Waals surface area contributed by atoms with Crippen molar-refractivity contribution in [3.05, 3.63) is 81.8 Å². The number of benzene rings is 3. The van der Waals surface area contributed by atoms with E-state index in [9.17, 15) is 9.13 Å². The van der Waals surface area contributed by atoms with Gasteiger partial charge in [-0.05, 0) is 60.7 Å². The van der Waals surface area contributed by atoms with Crippen LogP contribution >= 0.6 is 42.9 Å². The summed E-state index contributed by atoms with van der Waals surface area (Å²) in [6, 6.07) is 17.9. The van der Waals surface area contributed by atoms with Crippen LogP contribution in [-0.4, -0.2) is 34.0 Å². The first kappa shape index (κ1) is 36.9. The number of rotatable bonds is 18. The standard InChI is InChI=1S/C31H39BrF2O7P2S/c1-6-9-18-39-29-17-15-26(20-30(29)42(35,37-4)38-5)25-13-10-23(11-14-25)21-44-22-24-12-16-27(28(32)19-24)31(33,34)43(36,40-7-2)41-8-3/h10-17,19-20H,6-9,18,21-22H2,1-5H3. The van der Waals surface area contributed by atoms with E-state index in [1.165, 1.54) is 34.1 Å². The molecule has 7 nitrogen and oxygen atoms in total. The van der Waals surface area contributed by atoms with E-state index in [-0.39, 0.29) is 17.7 Å². The summed E-state index contributed by atoms with van der Waals surface area (Å²) in [7, 11) is -5.55. The second kappa shape index (κ2) is 16.8. The van der Waals surface area contributed by atoms with Crippen molar-refractivity contribution < 1.29 is 40.7 Å². The summed E-state index contributed by atoms with van der Waals surface area (Å²) in [6.45, 7) is 5.23. The first-order valence-corrected chi connectivity index (χ1v) is 19.2. The number of hydrogen-bond donors (Lipinski definition) is 0. The molecule has 0 spiro atoms. The summed E-state index contributed by atoms with van der Waals surface area (Å²) in [5, 5.41) is 0.379. The van der Waals surface area contributed by atoms with E-state index in [4.69, 9.17) is 22.8 Å². The molecule has 0 aliphatic carbocycles. The molecule has 3 aromatic carbocycles. The summed E-state index contributed by atoms with van der Waals surface area (Å²) in [4.78, 5) is 0. The number of alkyl halides is 2. The van der Waals surface area contributed by atoms with Crippen molar-refractivity contribution in [2.45, 2.75) is 50.8 Å². The van der Waals surface area contributed by atoms with Crippen LogP contribution in [0.2, 0.25) is 0 Å². The van der Waals surface area contributed by atoms with Gasteiger partial charge in [0.1, 0.15) is 11.1 Å². The van der Waals surface area contributed by atoms with Crippen LogP contribution in [0, 0.1) is 0 Å². The number of thioether (sulfide) groups is 1. The zero-order valence-electron chi connectivity index (χ0n) is 25.5. The van der Waals surface area contributed by atoms with Crippen LogP contribution in [-0.2, 0) is 44.4 Å². The van der Waals surface area contributed by atoms with Crippen molar-refractivity contribution in [3.8, 4) is 16.9 Å². The van der Waals surface area contributed by atoms with Gasteiger partial charge in [0.05, 0.1) is 19.8 Å². The zero-order chi connectivity index (χ0) is 32.4. The molecule has 0 atom stereocenters. The molecule has 0 unspecified atom stereocenters. The molecular weight excluding hydrogens is 696 g/mol. The van der Waals surface area contributed by atoms with Gasteiger partial charge in [-0.1, -0.05) is 71.7 Å². The molecule has 44 heavy (non-hydrogen) atoms. The average molecular weight is 736 g/mol. The summed E-state index contributed by atoms with van der Waals surface area (Å²) in [6.07, 6.45) is 1.84. The van der Waals surface area contributed by atoms with E-state index in [0.717, 1.165) is 35.1 Å². The first-order valence-electron chi connectivity index (χ1n) is 14.2. The summed E-state index contributed by atoms with van der Waals surface area (Å²) < 4.78 is 82.9. The topological polar surface area (TPSA) is 80.3 Å². The minimum Gasteiger partial charge on any atom is -0.493 e. The molecule has 0 radical (unpaired) electrons. The average Bonchev–Trinajstić information content (AvgIpc) is 3.01. The maximum Gasteiger partial charge on any atom is 0.404 e. The van der Waals surface area contributed by atoms with Gasteiger partial charge >= 0.3 is 20.9 Å². The molecular formula is C31H39BrF2O7P2S. The maximum atomic E-state index is 15.2. The van der Waals surface area contributed by atoms with Crippen molar-refractivity contribution in [1.82, 2.24) is 0 Å². The van der Waals surface area contributed by atoms with Gasteiger partial charge in [-0.15, -0.1) is 0 Å². The molecule has 0 heterocycles. The molecule has 3 rings (SSSR count). The Bertz CT molecular complexity index is 1460. The van der Waals surface area contributed by atoms with Crippen LogP contribution in [0.1, 0.15) is 50.3 Å². The molecule has 0 saturated carbocycles. The van der Waals surface area contributed by atoms with E-state index >= 15 is 8.78 Å². The molecule has 0 aliphatic heterocycles. The van der Waals surface area contributed by atoms with Crippen molar-refractivity contribution >= 4 is 48.2 Å². The summed E-state index contributed by atoms with van der Waals surface area (Å²) in [5.74, 6) is 1.74. The highest BCUT2D eigenvalue weighted by atomic mass is 79.9. The van der Waals surface area contributed by atoms with Crippen LogP contribution < -0.4 is 10.0 Å². The van der Waals surface area contributed by atoms with Crippen LogP contribution in [0.15, 0.2) is 65.1 Å². The Morgan fingerprint density at radius 2 is 1.41 bits per heavy atom. The number of hydrogen-bond acceptors (Lipinski definition) is 8. The van der Waals surface area contributed by atoms with E-state index in [1.54, 1.807) is 36.0 Å². The Hall–Kier alpha value is -1.55. The van der Waals surface area contributed by atoms with E-state index in [1.807, 2.05) is 30.3 Å². The predicted octanol–water partition coefficient (Wildman–Crippen LogP) is 10.2. The first-order chi connectivity index (χ1) is 21.0. The summed E-state index contributed by atoms with van der Waals surface area (Å²) >= 11 is 4.86. The van der Waals surface area contributed by atoms with E-state index in [0.29, 0.717) is 29.2 Å². The smallest absolute Gasteiger partial charge is 0.404 e. The lowest BCUT2D eigenvalue weighted by Crippen LogP contribution is -2.19. The van der Waals surface area contributed by atoms with Crippen molar-refractivity contribution in [2.75, 3.05) is 34.0 Å². The fourth-order valence-electron chi connectivity index (χ4n) is 4.29. The van der Waals surface area contributed by atoms with E-state index < -0.39 is 26.4 Å². The minimum atomic E-state index is -4.70. The number of halogens is 3. The lowest BCUT2D eigenvalue weighted by molar-refractivity contribution is 0.0354. The minimum absolute atomic E-state index is 0.136. The van der Waals surface area contributed by atoms with Gasteiger partial charge in [0.2, 0.25) is 0 Å². The van der Waals surface area contributed by atoms with Gasteiger partial charge in [-0.25, -0.2) is 0 Å². The van der Waals surface area contributed by atoms with Gasteiger partial charge < -0.3 is 22.8 Å². The molecule has 3 aromatic rings. The number of unbranched alkanes of at least 4 members (excludes halogenated alkanes) is 1. The van der Waals surface area contributed by atoms with Crippen molar-refractivity contribution in [1.29, 1.82) is 0 Å². The van der Waals surface area contributed by atoms with Crippen LogP contribution in [0.5, 0.6) is 5.75 Å². The monoisotopic (exact) mass is 734 g/mol.